The highest BCUT2D eigenvalue weighted by atomic mass is 32.2. The standard InChI is InChI=1S/C14H20FN3O3S/c1-11-10-16-8-9-18(11)14(19)6-7-17-22(20,21)13-4-2-12(15)3-5-13/h2-5,11,16-17H,6-10H2,1H3/t11-/m1/s1. The minimum Gasteiger partial charge on any atom is -0.337 e. The number of benzene rings is 1. The lowest BCUT2D eigenvalue weighted by Gasteiger charge is -2.34. The lowest BCUT2D eigenvalue weighted by Crippen LogP contribution is -2.52. The molecule has 0 aromatic heterocycles. The van der Waals surface area contributed by atoms with Gasteiger partial charge in [0.05, 0.1) is 4.90 Å². The first-order valence-corrected chi connectivity index (χ1v) is 8.64. The second-order valence-corrected chi connectivity index (χ2v) is 7.01. The Morgan fingerprint density at radius 2 is 2.09 bits per heavy atom. The molecule has 1 fully saturated rings. The molecule has 0 unspecified atom stereocenters. The van der Waals surface area contributed by atoms with Crippen molar-refractivity contribution in [2.75, 3.05) is 26.2 Å². The highest BCUT2D eigenvalue weighted by molar-refractivity contribution is 7.89. The van der Waals surface area contributed by atoms with Crippen LogP contribution in [-0.2, 0) is 14.8 Å². The van der Waals surface area contributed by atoms with Gasteiger partial charge < -0.3 is 10.2 Å². The molecule has 0 saturated carbocycles. The fourth-order valence-electron chi connectivity index (χ4n) is 2.34. The molecule has 1 amide bonds. The van der Waals surface area contributed by atoms with E-state index in [1.54, 1.807) is 4.90 Å². The Labute approximate surface area is 129 Å². The quantitative estimate of drug-likeness (QED) is 0.815. The van der Waals surface area contributed by atoms with E-state index in [-0.39, 0.29) is 29.8 Å². The smallest absolute Gasteiger partial charge is 0.240 e. The van der Waals surface area contributed by atoms with Crippen LogP contribution in [0.1, 0.15) is 13.3 Å². The van der Waals surface area contributed by atoms with Crippen molar-refractivity contribution >= 4 is 15.9 Å². The Morgan fingerprint density at radius 1 is 1.41 bits per heavy atom. The van der Waals surface area contributed by atoms with Gasteiger partial charge in [-0.15, -0.1) is 0 Å². The van der Waals surface area contributed by atoms with E-state index in [1.807, 2.05) is 6.92 Å². The molecule has 2 N–H and O–H groups in total. The summed E-state index contributed by atoms with van der Waals surface area (Å²) < 4.78 is 39.2. The second-order valence-electron chi connectivity index (χ2n) is 5.24. The highest BCUT2D eigenvalue weighted by Gasteiger charge is 2.23. The number of hydrogen-bond donors (Lipinski definition) is 2. The molecule has 22 heavy (non-hydrogen) atoms. The predicted octanol–water partition coefficient (Wildman–Crippen LogP) is 0.314. The van der Waals surface area contributed by atoms with E-state index in [1.165, 1.54) is 12.1 Å². The van der Waals surface area contributed by atoms with E-state index in [0.717, 1.165) is 25.2 Å². The fraction of sp³-hybridized carbons (Fsp3) is 0.500. The molecule has 8 heteroatoms. The predicted molar refractivity (Wildman–Crippen MR) is 80.3 cm³/mol. The number of rotatable bonds is 5. The van der Waals surface area contributed by atoms with Crippen LogP contribution in [0.4, 0.5) is 4.39 Å². The third kappa shape index (κ3) is 4.25. The molecule has 122 valence electrons. The van der Waals surface area contributed by atoms with Crippen LogP contribution >= 0.6 is 0 Å². The number of nitrogens with one attached hydrogen (secondary N) is 2. The summed E-state index contributed by atoms with van der Waals surface area (Å²) >= 11 is 0. The van der Waals surface area contributed by atoms with Crippen molar-refractivity contribution in [1.82, 2.24) is 14.9 Å². The maximum absolute atomic E-state index is 12.8. The van der Waals surface area contributed by atoms with Gasteiger partial charge in [-0.2, -0.15) is 0 Å². The summed E-state index contributed by atoms with van der Waals surface area (Å²) in [7, 11) is -3.72. The van der Waals surface area contributed by atoms with Gasteiger partial charge in [0.15, 0.2) is 0 Å². The summed E-state index contributed by atoms with van der Waals surface area (Å²) in [6.45, 7) is 4.09. The van der Waals surface area contributed by atoms with Crippen LogP contribution < -0.4 is 10.0 Å². The van der Waals surface area contributed by atoms with Crippen molar-refractivity contribution in [1.29, 1.82) is 0 Å². The molecule has 0 spiro atoms. The molecule has 1 heterocycles. The number of hydrogen-bond acceptors (Lipinski definition) is 4. The van der Waals surface area contributed by atoms with E-state index < -0.39 is 15.8 Å². The van der Waals surface area contributed by atoms with Gasteiger partial charge in [-0.25, -0.2) is 17.5 Å². The fourth-order valence-corrected chi connectivity index (χ4v) is 3.38. The van der Waals surface area contributed by atoms with Gasteiger partial charge in [0.1, 0.15) is 5.82 Å². The minimum atomic E-state index is -3.72. The second kappa shape index (κ2) is 7.17. The molecular weight excluding hydrogens is 309 g/mol. The first kappa shape index (κ1) is 16.9. The first-order chi connectivity index (χ1) is 10.4. The maximum Gasteiger partial charge on any atom is 0.240 e. The summed E-state index contributed by atoms with van der Waals surface area (Å²) in [5.41, 5.74) is 0. The van der Waals surface area contributed by atoms with Gasteiger partial charge in [-0.1, -0.05) is 0 Å². The van der Waals surface area contributed by atoms with E-state index >= 15 is 0 Å². The zero-order valence-electron chi connectivity index (χ0n) is 12.4. The lowest BCUT2D eigenvalue weighted by molar-refractivity contribution is -0.133. The Bertz CT molecular complexity index is 619. The van der Waals surface area contributed by atoms with Crippen molar-refractivity contribution < 1.29 is 17.6 Å². The Balaban J connectivity index is 1.87. The number of nitrogens with zero attached hydrogens (tertiary/aromatic N) is 1. The van der Waals surface area contributed by atoms with Gasteiger partial charge in [0, 0.05) is 38.6 Å². The van der Waals surface area contributed by atoms with Gasteiger partial charge in [0.25, 0.3) is 0 Å². The zero-order valence-corrected chi connectivity index (χ0v) is 13.2. The van der Waals surface area contributed by atoms with Crippen LogP contribution in [0.25, 0.3) is 0 Å². The highest BCUT2D eigenvalue weighted by Crippen LogP contribution is 2.10. The van der Waals surface area contributed by atoms with E-state index in [2.05, 4.69) is 10.0 Å². The van der Waals surface area contributed by atoms with E-state index in [4.69, 9.17) is 0 Å². The normalized spacial score (nSPS) is 19.2. The van der Waals surface area contributed by atoms with Crippen LogP contribution in [0.3, 0.4) is 0 Å². The third-order valence-corrected chi connectivity index (χ3v) is 5.05. The van der Waals surface area contributed by atoms with Crippen LogP contribution in [-0.4, -0.2) is 51.4 Å². The lowest BCUT2D eigenvalue weighted by atomic mass is 10.2. The molecule has 1 aromatic carbocycles. The minimum absolute atomic E-state index is 0.0168. The summed E-state index contributed by atoms with van der Waals surface area (Å²) in [6, 6.07) is 4.66. The molecular formula is C14H20FN3O3S. The summed E-state index contributed by atoms with van der Waals surface area (Å²) in [5, 5.41) is 3.19. The van der Waals surface area contributed by atoms with Crippen LogP contribution in [0, 0.1) is 5.82 Å². The molecule has 2 rings (SSSR count). The molecule has 0 bridgehead atoms. The Kier molecular flexibility index (Phi) is 5.49. The molecule has 0 radical (unpaired) electrons. The van der Waals surface area contributed by atoms with E-state index in [9.17, 15) is 17.6 Å². The molecule has 6 nitrogen and oxygen atoms in total. The maximum atomic E-state index is 12.8. The number of sulfonamides is 1. The van der Waals surface area contributed by atoms with E-state index in [0.29, 0.717) is 6.54 Å². The number of piperazine rings is 1. The monoisotopic (exact) mass is 329 g/mol. The van der Waals surface area contributed by atoms with Gasteiger partial charge in [-0.3, -0.25) is 4.79 Å². The number of carbonyl (C=O) groups is 1. The Hall–Kier alpha value is -1.51. The number of amides is 1. The summed E-state index contributed by atoms with van der Waals surface area (Å²) in [5.74, 6) is -0.572. The molecule has 1 saturated heterocycles. The molecule has 0 aliphatic carbocycles. The first-order valence-electron chi connectivity index (χ1n) is 7.15. The van der Waals surface area contributed by atoms with Crippen LogP contribution in [0.15, 0.2) is 29.2 Å². The van der Waals surface area contributed by atoms with Crippen LogP contribution in [0.2, 0.25) is 0 Å². The van der Waals surface area contributed by atoms with Gasteiger partial charge in [0.2, 0.25) is 15.9 Å². The van der Waals surface area contributed by atoms with Gasteiger partial charge in [-0.05, 0) is 31.2 Å². The zero-order chi connectivity index (χ0) is 16.2. The summed E-state index contributed by atoms with van der Waals surface area (Å²) in [6.07, 6.45) is 0.102. The summed E-state index contributed by atoms with van der Waals surface area (Å²) in [4.78, 5) is 13.8. The van der Waals surface area contributed by atoms with Gasteiger partial charge >= 0.3 is 0 Å². The number of carbonyl (C=O) groups excluding carboxylic acids is 1. The molecule has 1 aliphatic heterocycles. The number of halogens is 1. The van der Waals surface area contributed by atoms with Crippen molar-refractivity contribution in [2.45, 2.75) is 24.3 Å². The van der Waals surface area contributed by atoms with Crippen molar-refractivity contribution in [3.05, 3.63) is 30.1 Å². The average Bonchev–Trinajstić information content (AvgIpc) is 2.48. The molecule has 1 atom stereocenters. The van der Waals surface area contributed by atoms with Crippen molar-refractivity contribution in [2.24, 2.45) is 0 Å². The third-order valence-electron chi connectivity index (χ3n) is 3.58. The SMILES string of the molecule is C[C@@H]1CNCCN1C(=O)CCNS(=O)(=O)c1ccc(F)cc1. The van der Waals surface area contributed by atoms with Crippen molar-refractivity contribution in [3.63, 3.8) is 0 Å². The molecule has 1 aliphatic rings. The Morgan fingerprint density at radius 3 is 2.73 bits per heavy atom. The van der Waals surface area contributed by atoms with Crippen LogP contribution in [0.5, 0.6) is 0 Å². The van der Waals surface area contributed by atoms with Crippen molar-refractivity contribution in [3.8, 4) is 0 Å². The largest absolute Gasteiger partial charge is 0.337 e. The molecule has 1 aromatic rings. The topological polar surface area (TPSA) is 78.5 Å². The average molecular weight is 329 g/mol.